The summed E-state index contributed by atoms with van der Waals surface area (Å²) in [7, 11) is 0. The summed E-state index contributed by atoms with van der Waals surface area (Å²) in [6, 6.07) is 15.9. The molecule has 4 nitrogen and oxygen atoms in total. The molecular weight excluding hydrogens is 424 g/mol. The Morgan fingerprint density at radius 3 is 2.42 bits per heavy atom. The van der Waals surface area contributed by atoms with Crippen LogP contribution in [0.3, 0.4) is 0 Å². The monoisotopic (exact) mass is 458 g/mol. The predicted octanol–water partition coefficient (Wildman–Crippen LogP) is 6.80. The van der Waals surface area contributed by atoms with Gasteiger partial charge >= 0.3 is 0 Å². The standard InChI is InChI=1S/C28H34N4S/c1-18-13-14-23(16-19(18)2)32-27(26(30-28(32)33)25-12-8-9-15-29-25)24-17-20(3)31(21(24)4)22-10-6-5-7-11-22/h8-9,12-17,22,26-27H,5-7,10-11H2,1-4H3,(H,30,33)/t26-,27+/m1/s1. The molecule has 0 bridgehead atoms. The fourth-order valence-electron chi connectivity index (χ4n) is 5.83. The van der Waals surface area contributed by atoms with Gasteiger partial charge in [-0.2, -0.15) is 0 Å². The number of anilines is 1. The molecule has 1 aliphatic carbocycles. The third-order valence-corrected chi connectivity index (χ3v) is 7.96. The maximum atomic E-state index is 5.94. The first kappa shape index (κ1) is 22.1. The van der Waals surface area contributed by atoms with Gasteiger partial charge in [0.15, 0.2) is 5.11 Å². The summed E-state index contributed by atoms with van der Waals surface area (Å²) < 4.78 is 2.60. The molecule has 2 atom stereocenters. The van der Waals surface area contributed by atoms with Crippen LogP contribution < -0.4 is 10.2 Å². The number of hydrogen-bond acceptors (Lipinski definition) is 2. The number of nitrogens with zero attached hydrogens (tertiary/aromatic N) is 3. The van der Waals surface area contributed by atoms with Crippen molar-refractivity contribution in [2.24, 2.45) is 0 Å². The van der Waals surface area contributed by atoms with Crippen molar-refractivity contribution in [1.82, 2.24) is 14.9 Å². The van der Waals surface area contributed by atoms with Crippen LogP contribution in [0.5, 0.6) is 0 Å². The van der Waals surface area contributed by atoms with Crippen molar-refractivity contribution in [2.75, 3.05) is 4.90 Å². The van der Waals surface area contributed by atoms with Crippen molar-refractivity contribution in [2.45, 2.75) is 77.9 Å². The van der Waals surface area contributed by atoms with E-state index < -0.39 is 0 Å². The summed E-state index contributed by atoms with van der Waals surface area (Å²) in [5, 5.41) is 4.39. The zero-order valence-electron chi connectivity index (χ0n) is 20.1. The molecular formula is C28H34N4S. The molecule has 0 amide bonds. The normalized spacial score (nSPS) is 21.5. The number of rotatable bonds is 4. The highest BCUT2D eigenvalue weighted by molar-refractivity contribution is 7.80. The second-order valence-electron chi connectivity index (χ2n) is 9.75. The van der Waals surface area contributed by atoms with Crippen LogP contribution >= 0.6 is 12.2 Å². The molecule has 5 rings (SSSR count). The van der Waals surface area contributed by atoms with Crippen LogP contribution in [-0.4, -0.2) is 14.7 Å². The van der Waals surface area contributed by atoms with Crippen LogP contribution in [0.25, 0.3) is 0 Å². The van der Waals surface area contributed by atoms with E-state index in [1.807, 2.05) is 12.3 Å². The number of pyridine rings is 1. The molecule has 3 heterocycles. The second-order valence-corrected chi connectivity index (χ2v) is 10.1. The van der Waals surface area contributed by atoms with Crippen LogP contribution in [0.4, 0.5) is 5.69 Å². The lowest BCUT2D eigenvalue weighted by molar-refractivity contribution is 0.345. The van der Waals surface area contributed by atoms with Gasteiger partial charge in [0.25, 0.3) is 0 Å². The van der Waals surface area contributed by atoms with Crippen LogP contribution in [0.15, 0.2) is 48.7 Å². The Balaban J connectivity index is 1.64. The lowest BCUT2D eigenvalue weighted by Gasteiger charge is -2.30. The minimum absolute atomic E-state index is 0.000569. The molecule has 2 aromatic heterocycles. The predicted molar refractivity (Wildman–Crippen MR) is 140 cm³/mol. The average Bonchev–Trinajstić information content (AvgIpc) is 3.32. The number of thiocarbonyl (C=S) groups is 1. The molecule has 1 saturated heterocycles. The molecule has 3 aromatic rings. The summed E-state index contributed by atoms with van der Waals surface area (Å²) >= 11 is 5.94. The van der Waals surface area contributed by atoms with E-state index in [-0.39, 0.29) is 12.1 Å². The van der Waals surface area contributed by atoms with Gasteiger partial charge in [0.05, 0.1) is 17.8 Å². The van der Waals surface area contributed by atoms with E-state index in [2.05, 4.69) is 78.9 Å². The molecule has 0 unspecified atom stereocenters. The summed E-state index contributed by atoms with van der Waals surface area (Å²) in [6.45, 7) is 8.89. The molecule has 1 N–H and O–H groups in total. The average molecular weight is 459 g/mol. The first-order chi connectivity index (χ1) is 16.0. The number of hydrogen-bond donors (Lipinski definition) is 1. The molecule has 33 heavy (non-hydrogen) atoms. The molecule has 2 aliphatic rings. The van der Waals surface area contributed by atoms with E-state index in [9.17, 15) is 0 Å². The van der Waals surface area contributed by atoms with Crippen molar-refractivity contribution in [1.29, 1.82) is 0 Å². The third-order valence-electron chi connectivity index (χ3n) is 7.65. The third kappa shape index (κ3) is 3.97. The van der Waals surface area contributed by atoms with Crippen molar-refractivity contribution in [3.8, 4) is 0 Å². The van der Waals surface area contributed by atoms with Gasteiger partial charge in [-0.15, -0.1) is 0 Å². The van der Waals surface area contributed by atoms with Gasteiger partial charge in [0, 0.05) is 29.3 Å². The molecule has 1 saturated carbocycles. The van der Waals surface area contributed by atoms with Gasteiger partial charge in [0.2, 0.25) is 0 Å². The van der Waals surface area contributed by atoms with Crippen LogP contribution in [0.1, 0.15) is 84.0 Å². The van der Waals surface area contributed by atoms with E-state index in [0.717, 1.165) is 16.5 Å². The van der Waals surface area contributed by atoms with Gasteiger partial charge in [-0.25, -0.2) is 0 Å². The fourth-order valence-corrected chi connectivity index (χ4v) is 6.17. The SMILES string of the molecule is Cc1ccc(N2C(=S)N[C@H](c3ccccn3)[C@@H]2c2cc(C)n(C3CCCCC3)c2C)cc1C. The smallest absolute Gasteiger partial charge is 0.174 e. The Labute approximate surface area is 203 Å². The van der Waals surface area contributed by atoms with E-state index in [4.69, 9.17) is 17.2 Å². The van der Waals surface area contributed by atoms with Crippen molar-refractivity contribution in [3.63, 3.8) is 0 Å². The molecule has 1 aliphatic heterocycles. The van der Waals surface area contributed by atoms with Crippen LogP contribution in [0, 0.1) is 27.7 Å². The van der Waals surface area contributed by atoms with E-state index in [1.54, 1.807) is 0 Å². The van der Waals surface area contributed by atoms with Gasteiger partial charge < -0.3 is 14.8 Å². The minimum atomic E-state index is 0.000569. The number of aryl methyl sites for hydroxylation is 3. The highest BCUT2D eigenvalue weighted by atomic mass is 32.1. The molecule has 2 fully saturated rings. The van der Waals surface area contributed by atoms with Crippen LogP contribution in [-0.2, 0) is 0 Å². The highest BCUT2D eigenvalue weighted by Crippen LogP contribution is 2.44. The Bertz CT molecular complexity index is 1160. The first-order valence-electron chi connectivity index (χ1n) is 12.2. The Kier molecular flexibility index (Phi) is 6.00. The summed E-state index contributed by atoms with van der Waals surface area (Å²) in [4.78, 5) is 7.04. The Morgan fingerprint density at radius 2 is 1.73 bits per heavy atom. The molecule has 0 spiro atoms. The quantitative estimate of drug-likeness (QED) is 0.436. The summed E-state index contributed by atoms with van der Waals surface area (Å²) in [5.41, 5.74) is 8.81. The summed E-state index contributed by atoms with van der Waals surface area (Å²) in [6.07, 6.45) is 8.46. The maximum Gasteiger partial charge on any atom is 0.174 e. The second kappa shape index (κ2) is 8.94. The number of aromatic nitrogens is 2. The van der Waals surface area contributed by atoms with Crippen molar-refractivity contribution >= 4 is 23.0 Å². The van der Waals surface area contributed by atoms with Gasteiger partial charge in [-0.05, 0) is 99.8 Å². The first-order valence-corrected chi connectivity index (χ1v) is 12.6. The van der Waals surface area contributed by atoms with Crippen LogP contribution in [0.2, 0.25) is 0 Å². The van der Waals surface area contributed by atoms with Crippen molar-refractivity contribution < 1.29 is 0 Å². The lowest BCUT2D eigenvalue weighted by Crippen LogP contribution is -2.29. The van der Waals surface area contributed by atoms with Gasteiger partial charge in [-0.1, -0.05) is 31.4 Å². The van der Waals surface area contributed by atoms with E-state index >= 15 is 0 Å². The molecule has 172 valence electrons. The lowest BCUT2D eigenvalue weighted by atomic mass is 9.94. The highest BCUT2D eigenvalue weighted by Gasteiger charge is 2.42. The minimum Gasteiger partial charge on any atom is -0.351 e. The molecule has 0 radical (unpaired) electrons. The van der Waals surface area contributed by atoms with Gasteiger partial charge in [-0.3, -0.25) is 4.98 Å². The van der Waals surface area contributed by atoms with E-state index in [1.165, 1.54) is 60.2 Å². The number of nitrogens with one attached hydrogen (secondary N) is 1. The van der Waals surface area contributed by atoms with Crippen molar-refractivity contribution in [3.05, 3.63) is 82.4 Å². The Hall–Kier alpha value is -2.66. The topological polar surface area (TPSA) is 33.1 Å². The van der Waals surface area contributed by atoms with Gasteiger partial charge in [0.1, 0.15) is 0 Å². The number of benzene rings is 1. The summed E-state index contributed by atoms with van der Waals surface area (Å²) in [5.74, 6) is 0. The zero-order valence-corrected chi connectivity index (χ0v) is 21.0. The largest absolute Gasteiger partial charge is 0.351 e. The van der Waals surface area contributed by atoms with E-state index in [0.29, 0.717) is 6.04 Å². The fraction of sp³-hybridized carbons (Fsp3) is 0.429. The molecule has 1 aromatic carbocycles. The molecule has 5 heteroatoms. The zero-order chi connectivity index (χ0) is 23.1. The maximum absolute atomic E-state index is 5.94. The Morgan fingerprint density at radius 1 is 0.939 bits per heavy atom.